The minimum atomic E-state index is -4.74. The molecule has 0 amide bonds. The molecule has 2 aromatic carbocycles. The zero-order valence-corrected chi connectivity index (χ0v) is 15.7. The number of thioether (sulfide) groups is 1. The highest BCUT2D eigenvalue weighted by molar-refractivity contribution is 8.04. The van der Waals surface area contributed by atoms with Crippen LogP contribution in [0.3, 0.4) is 0 Å². The van der Waals surface area contributed by atoms with Gasteiger partial charge in [0.05, 0.1) is 17.2 Å². The topological polar surface area (TPSA) is 44.7 Å². The summed E-state index contributed by atoms with van der Waals surface area (Å²) < 4.78 is 44.0. The summed E-state index contributed by atoms with van der Waals surface area (Å²) in [6, 6.07) is 12.1. The Balaban J connectivity index is 2.07. The first kappa shape index (κ1) is 19.6. The number of alkyl halides is 3. The number of aliphatic imine (C=N–C) groups is 1. The minimum absolute atomic E-state index is 0.102. The van der Waals surface area contributed by atoms with Crippen molar-refractivity contribution in [1.29, 1.82) is 0 Å². The Kier molecular flexibility index (Phi) is 5.72. The number of hydrogen-bond acceptors (Lipinski definition) is 4. The van der Waals surface area contributed by atoms with E-state index in [4.69, 9.17) is 16.3 Å². The first-order chi connectivity index (χ1) is 12.8. The number of rotatable bonds is 3. The third-order valence-electron chi connectivity index (χ3n) is 3.84. The molecule has 0 spiro atoms. The van der Waals surface area contributed by atoms with Crippen LogP contribution in [0.4, 0.5) is 18.9 Å². The van der Waals surface area contributed by atoms with Crippen molar-refractivity contribution >= 4 is 34.9 Å². The van der Waals surface area contributed by atoms with Crippen LogP contribution < -0.4 is 5.11 Å². The highest BCUT2D eigenvalue weighted by Crippen LogP contribution is 2.38. The van der Waals surface area contributed by atoms with Gasteiger partial charge in [0.15, 0.2) is 0 Å². The molecule has 0 bridgehead atoms. The van der Waals surface area contributed by atoms with Gasteiger partial charge in [-0.15, -0.1) is 11.8 Å². The second-order valence-electron chi connectivity index (χ2n) is 5.75. The molecule has 1 aliphatic heterocycles. The van der Waals surface area contributed by atoms with E-state index in [-0.39, 0.29) is 18.0 Å². The number of aryl methyl sites for hydroxylation is 1. The molecule has 3 rings (SSSR count). The van der Waals surface area contributed by atoms with Crippen molar-refractivity contribution in [2.24, 2.45) is 4.99 Å². The van der Waals surface area contributed by atoms with Crippen LogP contribution in [0.2, 0.25) is 5.02 Å². The van der Waals surface area contributed by atoms with Gasteiger partial charge in [-0.25, -0.2) is 0 Å². The standard InChI is InChI=1S/C19H15ClF3NO2S/c1-11-6-7-12(10-14(11)20)13-4-2-3-5-15(13)24-18(25)16-17(19(21,22)23)26-8-9-27-16/h2-7,10H,8-9H2,1H3,(H,24,25)/p-1. The number of allylic oxidation sites excluding steroid dienone is 1. The molecule has 0 saturated carbocycles. The molecule has 8 heteroatoms. The minimum Gasteiger partial charge on any atom is -0.858 e. The van der Waals surface area contributed by atoms with Crippen LogP contribution >= 0.6 is 23.4 Å². The van der Waals surface area contributed by atoms with Crippen molar-refractivity contribution in [3.63, 3.8) is 0 Å². The van der Waals surface area contributed by atoms with Crippen LogP contribution in [0.25, 0.3) is 11.1 Å². The van der Waals surface area contributed by atoms with Crippen molar-refractivity contribution in [1.82, 2.24) is 0 Å². The van der Waals surface area contributed by atoms with E-state index in [9.17, 15) is 18.3 Å². The van der Waals surface area contributed by atoms with E-state index in [0.29, 0.717) is 10.6 Å². The van der Waals surface area contributed by atoms with Crippen LogP contribution in [0.1, 0.15) is 5.56 Å². The molecule has 0 N–H and O–H groups in total. The van der Waals surface area contributed by atoms with Gasteiger partial charge in [0.25, 0.3) is 0 Å². The lowest BCUT2D eigenvalue weighted by molar-refractivity contribution is -0.213. The fourth-order valence-corrected chi connectivity index (χ4v) is 3.55. The Morgan fingerprint density at radius 2 is 1.96 bits per heavy atom. The number of para-hydroxylation sites is 1. The van der Waals surface area contributed by atoms with Gasteiger partial charge >= 0.3 is 6.18 Å². The van der Waals surface area contributed by atoms with Crippen LogP contribution in [0.5, 0.6) is 0 Å². The van der Waals surface area contributed by atoms with Crippen LogP contribution in [-0.2, 0) is 4.74 Å². The van der Waals surface area contributed by atoms with E-state index in [1.54, 1.807) is 30.3 Å². The van der Waals surface area contributed by atoms with Gasteiger partial charge in [0.2, 0.25) is 5.76 Å². The third kappa shape index (κ3) is 4.42. The first-order valence-corrected chi connectivity index (χ1v) is 9.32. The summed E-state index contributed by atoms with van der Waals surface area (Å²) in [5.74, 6) is -1.99. The molecule has 3 nitrogen and oxygen atoms in total. The molecule has 0 fully saturated rings. The SMILES string of the molecule is Cc1ccc(-c2ccccc2N=C([O-])C2=C(C(F)(F)F)OCCS2)cc1Cl. The molecule has 0 unspecified atom stereocenters. The fraction of sp³-hybridized carbons (Fsp3) is 0.211. The zero-order chi connectivity index (χ0) is 19.6. The monoisotopic (exact) mass is 412 g/mol. The second kappa shape index (κ2) is 7.86. The smallest absolute Gasteiger partial charge is 0.450 e. The first-order valence-electron chi connectivity index (χ1n) is 7.96. The molecule has 142 valence electrons. The Hall–Kier alpha value is -2.12. The van der Waals surface area contributed by atoms with Crippen molar-refractivity contribution < 1.29 is 23.0 Å². The van der Waals surface area contributed by atoms with Crippen molar-refractivity contribution in [3.05, 3.63) is 63.7 Å². The Labute approximate surface area is 163 Å². The summed E-state index contributed by atoms with van der Waals surface area (Å²) in [4.78, 5) is 3.41. The predicted molar refractivity (Wildman–Crippen MR) is 100 cm³/mol. The van der Waals surface area contributed by atoms with Gasteiger partial charge in [0, 0.05) is 22.2 Å². The van der Waals surface area contributed by atoms with E-state index in [1.807, 2.05) is 19.1 Å². The normalized spacial score (nSPS) is 15.7. The number of halogens is 4. The van der Waals surface area contributed by atoms with Gasteiger partial charge in [-0.2, -0.15) is 13.2 Å². The summed E-state index contributed by atoms with van der Waals surface area (Å²) in [5, 5.41) is 13.0. The maximum Gasteiger partial charge on any atom is 0.450 e. The summed E-state index contributed by atoms with van der Waals surface area (Å²) in [7, 11) is 0. The summed E-state index contributed by atoms with van der Waals surface area (Å²) in [6.45, 7) is 1.76. The molecule has 0 saturated heterocycles. The molecule has 27 heavy (non-hydrogen) atoms. The molecule has 0 aliphatic carbocycles. The molecule has 2 aromatic rings. The average molecular weight is 413 g/mol. The quantitative estimate of drug-likeness (QED) is 0.511. The molecular formula is C19H14ClF3NO2S-. The van der Waals surface area contributed by atoms with E-state index in [2.05, 4.69) is 4.99 Å². The molecule has 0 atom stereocenters. The van der Waals surface area contributed by atoms with E-state index in [0.717, 1.165) is 22.9 Å². The van der Waals surface area contributed by atoms with Crippen molar-refractivity contribution in [2.75, 3.05) is 12.4 Å². The lowest BCUT2D eigenvalue weighted by Gasteiger charge is -2.25. The fourth-order valence-electron chi connectivity index (χ4n) is 2.52. The predicted octanol–water partition coefficient (Wildman–Crippen LogP) is 5.24. The molecule has 0 radical (unpaired) electrons. The van der Waals surface area contributed by atoms with Gasteiger partial charge in [-0.1, -0.05) is 41.9 Å². The van der Waals surface area contributed by atoms with Gasteiger partial charge < -0.3 is 9.84 Å². The number of benzene rings is 2. The Bertz CT molecular complexity index is 925. The van der Waals surface area contributed by atoms with Gasteiger partial charge in [0.1, 0.15) is 0 Å². The number of nitrogens with zero attached hydrogens (tertiary/aromatic N) is 1. The average Bonchev–Trinajstić information content (AvgIpc) is 2.64. The maximum absolute atomic E-state index is 13.1. The Morgan fingerprint density at radius 1 is 1.22 bits per heavy atom. The highest BCUT2D eigenvalue weighted by Gasteiger charge is 2.40. The molecule has 1 heterocycles. The lowest BCUT2D eigenvalue weighted by Crippen LogP contribution is -2.28. The van der Waals surface area contributed by atoms with Crippen LogP contribution in [0.15, 0.2) is 58.1 Å². The van der Waals surface area contributed by atoms with Crippen molar-refractivity contribution in [2.45, 2.75) is 13.1 Å². The van der Waals surface area contributed by atoms with Crippen LogP contribution in [-0.4, -0.2) is 24.4 Å². The number of hydrogen-bond donors (Lipinski definition) is 0. The highest BCUT2D eigenvalue weighted by atomic mass is 35.5. The molecule has 0 aromatic heterocycles. The van der Waals surface area contributed by atoms with Gasteiger partial charge in [-0.3, -0.25) is 4.99 Å². The van der Waals surface area contributed by atoms with E-state index in [1.165, 1.54) is 0 Å². The second-order valence-corrected chi connectivity index (χ2v) is 7.26. The zero-order valence-electron chi connectivity index (χ0n) is 14.1. The maximum atomic E-state index is 13.1. The van der Waals surface area contributed by atoms with Crippen molar-refractivity contribution in [3.8, 4) is 11.1 Å². The third-order valence-corrected chi connectivity index (χ3v) is 5.27. The van der Waals surface area contributed by atoms with Crippen LogP contribution in [0, 0.1) is 6.92 Å². The largest absolute Gasteiger partial charge is 0.858 e. The molecule has 1 aliphatic rings. The summed E-state index contributed by atoms with van der Waals surface area (Å²) >= 11 is 6.96. The Morgan fingerprint density at radius 3 is 2.67 bits per heavy atom. The van der Waals surface area contributed by atoms with E-state index < -0.39 is 22.7 Å². The number of ether oxygens (including phenoxy) is 1. The molecular weight excluding hydrogens is 399 g/mol. The lowest BCUT2D eigenvalue weighted by atomic mass is 10.0. The summed E-state index contributed by atoms with van der Waals surface area (Å²) in [5.41, 5.74) is 2.48. The van der Waals surface area contributed by atoms with E-state index >= 15 is 0 Å². The summed E-state index contributed by atoms with van der Waals surface area (Å²) in [6.07, 6.45) is -4.74. The van der Waals surface area contributed by atoms with Gasteiger partial charge in [-0.05, 0) is 30.2 Å².